The second kappa shape index (κ2) is 6.58. The number of hydrogen-bond acceptors (Lipinski definition) is 6. The molecule has 1 rings (SSSR count). The molecule has 2 unspecified atom stereocenters. The van der Waals surface area contributed by atoms with Crippen molar-refractivity contribution in [3.63, 3.8) is 0 Å². The van der Waals surface area contributed by atoms with E-state index in [9.17, 15) is 18.0 Å². The molecule has 1 aliphatic rings. The Morgan fingerprint density at radius 2 is 2.16 bits per heavy atom. The maximum atomic E-state index is 11.7. The van der Waals surface area contributed by atoms with E-state index in [1.54, 1.807) is 4.90 Å². The molecule has 9 heteroatoms. The largest absolute Gasteiger partial charge is 0.480 e. The maximum absolute atomic E-state index is 11.7. The van der Waals surface area contributed by atoms with Crippen LogP contribution in [-0.4, -0.2) is 72.6 Å². The molecule has 0 aromatic heterocycles. The summed E-state index contributed by atoms with van der Waals surface area (Å²) >= 11 is 1.53. The average Bonchev–Trinajstić information content (AvgIpc) is 2.26. The Labute approximate surface area is 116 Å². The number of carboxylic acid groups (broad SMARTS) is 1. The molecule has 1 heterocycles. The molecule has 1 amide bonds. The Morgan fingerprint density at radius 3 is 2.63 bits per heavy atom. The molecule has 0 aliphatic carbocycles. The molecule has 1 aliphatic heterocycles. The molecule has 1 fully saturated rings. The van der Waals surface area contributed by atoms with Crippen molar-refractivity contribution < 1.29 is 23.1 Å². The molecule has 19 heavy (non-hydrogen) atoms. The van der Waals surface area contributed by atoms with E-state index in [0.717, 1.165) is 12.0 Å². The first-order valence-corrected chi connectivity index (χ1v) is 8.83. The molecular formula is C10H18N2O5S2. The summed E-state index contributed by atoms with van der Waals surface area (Å²) in [5.74, 6) is -0.445. The van der Waals surface area contributed by atoms with Gasteiger partial charge in [-0.25, -0.2) is 13.2 Å². The van der Waals surface area contributed by atoms with Gasteiger partial charge in [0.1, 0.15) is 11.4 Å². The van der Waals surface area contributed by atoms with Gasteiger partial charge in [0.15, 0.2) is 9.84 Å². The monoisotopic (exact) mass is 310 g/mol. The lowest BCUT2D eigenvalue weighted by atomic mass is 10.2. The predicted molar refractivity (Wildman–Crippen MR) is 72.8 cm³/mol. The van der Waals surface area contributed by atoms with Gasteiger partial charge < -0.3 is 10.4 Å². The van der Waals surface area contributed by atoms with E-state index >= 15 is 0 Å². The summed E-state index contributed by atoms with van der Waals surface area (Å²) in [6, 6.07) is -1.09. The number of nitrogens with zero attached hydrogens (tertiary/aromatic N) is 1. The minimum atomic E-state index is -3.28. The van der Waals surface area contributed by atoms with Crippen LogP contribution in [0.3, 0.4) is 0 Å². The topological polar surface area (TPSA) is 104 Å². The van der Waals surface area contributed by atoms with Crippen molar-refractivity contribution in [3.05, 3.63) is 0 Å². The smallest absolute Gasteiger partial charge is 0.327 e. The molecule has 7 nitrogen and oxygen atoms in total. The van der Waals surface area contributed by atoms with E-state index in [4.69, 9.17) is 5.11 Å². The van der Waals surface area contributed by atoms with Crippen LogP contribution in [-0.2, 0) is 19.4 Å². The van der Waals surface area contributed by atoms with Crippen molar-refractivity contribution in [3.8, 4) is 0 Å². The van der Waals surface area contributed by atoms with Crippen molar-refractivity contribution in [2.75, 3.05) is 30.9 Å². The van der Waals surface area contributed by atoms with Crippen LogP contribution in [0.1, 0.15) is 6.92 Å². The van der Waals surface area contributed by atoms with Crippen LogP contribution in [0.5, 0.6) is 0 Å². The van der Waals surface area contributed by atoms with E-state index < -0.39 is 33.1 Å². The van der Waals surface area contributed by atoms with Gasteiger partial charge in [0, 0.05) is 37.8 Å². The number of thioether (sulfide) groups is 1. The van der Waals surface area contributed by atoms with Crippen LogP contribution < -0.4 is 5.32 Å². The fraction of sp³-hybridized carbons (Fsp3) is 0.800. The van der Waals surface area contributed by atoms with Gasteiger partial charge in [-0.2, -0.15) is 11.8 Å². The molecule has 1 saturated heterocycles. The lowest BCUT2D eigenvalue weighted by molar-refractivity contribution is -0.142. The second-order valence-electron chi connectivity index (χ2n) is 4.45. The number of carbonyl (C=O) groups excluding carboxylic acids is 1. The van der Waals surface area contributed by atoms with Crippen molar-refractivity contribution in [2.24, 2.45) is 0 Å². The van der Waals surface area contributed by atoms with Crippen LogP contribution in [0.15, 0.2) is 0 Å². The Hall–Kier alpha value is -0.800. The summed E-state index contributed by atoms with van der Waals surface area (Å²) in [6.07, 6.45) is 1.14. The summed E-state index contributed by atoms with van der Waals surface area (Å²) in [7, 11) is -3.28. The maximum Gasteiger partial charge on any atom is 0.327 e. The molecule has 0 bridgehead atoms. The number of carbonyl (C=O) groups is 2. The van der Waals surface area contributed by atoms with Gasteiger partial charge in [-0.15, -0.1) is 0 Å². The Bertz CT molecular complexity index is 451. The Balaban J connectivity index is 2.80. The van der Waals surface area contributed by atoms with Crippen LogP contribution in [0.2, 0.25) is 0 Å². The summed E-state index contributed by atoms with van der Waals surface area (Å²) in [4.78, 5) is 23.6. The second-order valence-corrected chi connectivity index (χ2v) is 7.80. The molecule has 0 saturated carbocycles. The van der Waals surface area contributed by atoms with E-state index in [0.29, 0.717) is 12.3 Å². The first-order valence-electron chi connectivity index (χ1n) is 5.72. The lowest BCUT2D eigenvalue weighted by Gasteiger charge is -2.35. The molecular weight excluding hydrogens is 292 g/mol. The summed E-state index contributed by atoms with van der Waals surface area (Å²) in [6.45, 7) is 1.72. The highest BCUT2D eigenvalue weighted by Gasteiger charge is 2.34. The predicted octanol–water partition coefficient (Wildman–Crippen LogP) is -1.00. The van der Waals surface area contributed by atoms with Crippen LogP contribution in [0.4, 0.5) is 0 Å². The van der Waals surface area contributed by atoms with E-state index in [1.807, 2.05) is 0 Å². The summed E-state index contributed by atoms with van der Waals surface area (Å²) < 4.78 is 23.4. The van der Waals surface area contributed by atoms with Crippen molar-refractivity contribution in [1.82, 2.24) is 10.2 Å². The van der Waals surface area contributed by atoms with E-state index in [-0.39, 0.29) is 6.54 Å². The van der Waals surface area contributed by atoms with Gasteiger partial charge >= 0.3 is 5.97 Å². The third kappa shape index (κ3) is 5.00. The minimum absolute atomic E-state index is 0.00674. The van der Waals surface area contributed by atoms with Gasteiger partial charge in [-0.05, 0) is 0 Å². The SMILES string of the molecule is CC(=O)NC(CN1CCSCC1S(C)(=O)=O)C(=O)O. The molecule has 2 N–H and O–H groups in total. The highest BCUT2D eigenvalue weighted by atomic mass is 32.2. The van der Waals surface area contributed by atoms with Crippen molar-refractivity contribution in [2.45, 2.75) is 18.3 Å². The molecule has 0 aromatic carbocycles. The minimum Gasteiger partial charge on any atom is -0.480 e. The Kier molecular flexibility index (Phi) is 5.63. The number of amides is 1. The number of nitrogens with one attached hydrogen (secondary N) is 1. The highest BCUT2D eigenvalue weighted by Crippen LogP contribution is 2.20. The number of aliphatic carboxylic acids is 1. The molecule has 0 aromatic rings. The molecule has 0 spiro atoms. The molecule has 0 radical (unpaired) electrons. The number of rotatable bonds is 5. The van der Waals surface area contributed by atoms with Crippen LogP contribution in [0, 0.1) is 0 Å². The van der Waals surface area contributed by atoms with Gasteiger partial charge in [0.2, 0.25) is 5.91 Å². The lowest BCUT2D eigenvalue weighted by Crippen LogP contribution is -2.54. The van der Waals surface area contributed by atoms with Gasteiger partial charge in [-0.3, -0.25) is 9.69 Å². The normalized spacial score (nSPS) is 22.7. The molecule has 2 atom stereocenters. The first-order chi connectivity index (χ1) is 8.71. The van der Waals surface area contributed by atoms with Crippen LogP contribution in [0.25, 0.3) is 0 Å². The third-order valence-electron chi connectivity index (χ3n) is 2.78. The zero-order valence-electron chi connectivity index (χ0n) is 10.8. The summed E-state index contributed by atoms with van der Waals surface area (Å²) in [5.41, 5.74) is 0. The fourth-order valence-corrected chi connectivity index (χ4v) is 4.84. The van der Waals surface area contributed by atoms with Crippen molar-refractivity contribution in [1.29, 1.82) is 0 Å². The van der Waals surface area contributed by atoms with E-state index in [1.165, 1.54) is 18.7 Å². The van der Waals surface area contributed by atoms with Gasteiger partial charge in [0.25, 0.3) is 0 Å². The number of carboxylic acids is 1. The first kappa shape index (κ1) is 16.3. The van der Waals surface area contributed by atoms with Gasteiger partial charge in [-0.1, -0.05) is 0 Å². The third-order valence-corrected chi connectivity index (χ3v) is 5.46. The zero-order chi connectivity index (χ0) is 14.6. The quantitative estimate of drug-likeness (QED) is 0.671. The standard InChI is InChI=1S/C10H18N2O5S2/c1-7(13)11-8(10(14)15)5-12-3-4-18-6-9(12)19(2,16)17/h8-9H,3-6H2,1-2H3,(H,11,13)(H,14,15). The Morgan fingerprint density at radius 1 is 1.53 bits per heavy atom. The number of hydrogen-bond donors (Lipinski definition) is 2. The van der Waals surface area contributed by atoms with Gasteiger partial charge in [0.05, 0.1) is 0 Å². The average molecular weight is 310 g/mol. The zero-order valence-corrected chi connectivity index (χ0v) is 12.5. The highest BCUT2D eigenvalue weighted by molar-refractivity contribution is 8.00. The fourth-order valence-electron chi connectivity index (χ4n) is 1.88. The molecule has 110 valence electrons. The summed E-state index contributed by atoms with van der Waals surface area (Å²) in [5, 5.41) is 10.7. The van der Waals surface area contributed by atoms with Crippen molar-refractivity contribution >= 4 is 33.5 Å². The van der Waals surface area contributed by atoms with E-state index in [2.05, 4.69) is 5.32 Å². The van der Waals surface area contributed by atoms with Crippen LogP contribution >= 0.6 is 11.8 Å². The number of sulfone groups is 1.